The SMILES string of the molecule is COc1ccc(N2CCN(C)CC2)c2c1CCN(C(=O)Nc1ccc(COP(=O)(O)O)cc1)C2. The highest BCUT2D eigenvalue weighted by atomic mass is 31.2. The third-order valence-electron chi connectivity index (χ3n) is 6.30. The number of rotatable bonds is 6. The van der Waals surface area contributed by atoms with Crippen LogP contribution in [0.4, 0.5) is 16.2 Å². The van der Waals surface area contributed by atoms with Crippen molar-refractivity contribution in [2.45, 2.75) is 19.6 Å². The minimum Gasteiger partial charge on any atom is -0.496 e. The first kappa shape index (κ1) is 24.5. The molecule has 1 fully saturated rings. The second kappa shape index (κ2) is 10.3. The molecule has 11 heteroatoms. The Hall–Kier alpha value is -2.62. The Morgan fingerprint density at radius 2 is 1.74 bits per heavy atom. The van der Waals surface area contributed by atoms with Crippen LogP contribution in [-0.4, -0.2) is 72.5 Å². The largest absolute Gasteiger partial charge is 0.496 e. The Bertz CT molecular complexity index is 1070. The minimum atomic E-state index is -4.53. The zero-order chi connectivity index (χ0) is 24.3. The zero-order valence-electron chi connectivity index (χ0n) is 19.4. The molecule has 2 aromatic carbocycles. The van der Waals surface area contributed by atoms with Crippen molar-refractivity contribution in [2.24, 2.45) is 0 Å². The molecule has 2 aliphatic heterocycles. The maximum Gasteiger partial charge on any atom is 0.469 e. The molecule has 34 heavy (non-hydrogen) atoms. The topological polar surface area (TPSA) is 115 Å². The lowest BCUT2D eigenvalue weighted by atomic mass is 9.96. The van der Waals surface area contributed by atoms with Gasteiger partial charge in [-0.15, -0.1) is 0 Å². The van der Waals surface area contributed by atoms with Gasteiger partial charge in [0.15, 0.2) is 0 Å². The minimum absolute atomic E-state index is 0.197. The number of hydrogen-bond acceptors (Lipinski definition) is 6. The number of nitrogens with one attached hydrogen (secondary N) is 1. The first-order chi connectivity index (χ1) is 16.2. The van der Waals surface area contributed by atoms with E-state index in [0.717, 1.165) is 48.7 Å². The number of ether oxygens (including phenoxy) is 1. The molecular weight excluding hydrogens is 459 g/mol. The Kier molecular flexibility index (Phi) is 7.45. The van der Waals surface area contributed by atoms with Crippen molar-refractivity contribution in [3.63, 3.8) is 0 Å². The number of hydrogen-bond donors (Lipinski definition) is 3. The van der Waals surface area contributed by atoms with E-state index in [0.29, 0.717) is 30.8 Å². The number of anilines is 2. The summed E-state index contributed by atoms with van der Waals surface area (Å²) in [4.78, 5) is 37.2. The van der Waals surface area contributed by atoms with E-state index >= 15 is 0 Å². The van der Waals surface area contributed by atoms with Gasteiger partial charge >= 0.3 is 13.9 Å². The number of urea groups is 1. The van der Waals surface area contributed by atoms with Crippen molar-refractivity contribution in [3.05, 3.63) is 53.1 Å². The van der Waals surface area contributed by atoms with Gasteiger partial charge in [-0.25, -0.2) is 9.36 Å². The molecule has 10 nitrogen and oxygen atoms in total. The molecule has 3 N–H and O–H groups in total. The molecule has 2 heterocycles. The van der Waals surface area contributed by atoms with Crippen molar-refractivity contribution in [3.8, 4) is 5.75 Å². The fourth-order valence-electron chi connectivity index (χ4n) is 4.38. The highest BCUT2D eigenvalue weighted by molar-refractivity contribution is 7.46. The van der Waals surface area contributed by atoms with Crippen LogP contribution in [0.5, 0.6) is 5.75 Å². The molecule has 0 bridgehead atoms. The maximum atomic E-state index is 13.0. The number of phosphoric acid groups is 1. The van der Waals surface area contributed by atoms with Gasteiger partial charge in [0.25, 0.3) is 0 Å². The van der Waals surface area contributed by atoms with Crippen LogP contribution in [-0.2, 0) is 28.7 Å². The highest BCUT2D eigenvalue weighted by Crippen LogP contribution is 2.37. The first-order valence-electron chi connectivity index (χ1n) is 11.2. The Morgan fingerprint density at radius 1 is 1.03 bits per heavy atom. The van der Waals surface area contributed by atoms with Gasteiger partial charge in [0.1, 0.15) is 5.75 Å². The van der Waals surface area contributed by atoms with Crippen LogP contribution in [0, 0.1) is 0 Å². The lowest BCUT2D eigenvalue weighted by Crippen LogP contribution is -2.46. The molecule has 0 unspecified atom stereocenters. The third kappa shape index (κ3) is 5.89. The lowest BCUT2D eigenvalue weighted by molar-refractivity contribution is 0.189. The van der Waals surface area contributed by atoms with E-state index in [1.165, 1.54) is 0 Å². The number of methoxy groups -OCH3 is 1. The molecule has 184 valence electrons. The van der Waals surface area contributed by atoms with Crippen LogP contribution in [0.1, 0.15) is 16.7 Å². The van der Waals surface area contributed by atoms with E-state index in [1.54, 1.807) is 36.3 Å². The lowest BCUT2D eigenvalue weighted by Gasteiger charge is -2.38. The first-order valence-corrected chi connectivity index (χ1v) is 12.7. The van der Waals surface area contributed by atoms with Crippen molar-refractivity contribution in [1.29, 1.82) is 0 Å². The van der Waals surface area contributed by atoms with Gasteiger partial charge < -0.3 is 34.5 Å². The Morgan fingerprint density at radius 3 is 2.38 bits per heavy atom. The number of carbonyl (C=O) groups excluding carboxylic acids is 1. The molecule has 0 aromatic heterocycles. The second-order valence-corrected chi connectivity index (χ2v) is 9.84. The predicted octanol–water partition coefficient (Wildman–Crippen LogP) is 2.65. The molecular formula is C23H31N4O6P. The molecule has 0 radical (unpaired) electrons. The van der Waals surface area contributed by atoms with Crippen LogP contribution < -0.4 is 15.0 Å². The van der Waals surface area contributed by atoms with Crippen LogP contribution in [0.3, 0.4) is 0 Å². The summed E-state index contributed by atoms with van der Waals surface area (Å²) < 4.78 is 21.0. The number of carbonyl (C=O) groups is 1. The van der Waals surface area contributed by atoms with Crippen molar-refractivity contribution < 1.29 is 28.4 Å². The number of phosphoric ester groups is 1. The number of fused-ring (bicyclic) bond motifs is 1. The molecule has 0 atom stereocenters. The molecule has 2 aromatic rings. The van der Waals surface area contributed by atoms with E-state index in [1.807, 2.05) is 6.07 Å². The molecule has 1 saturated heterocycles. The van der Waals surface area contributed by atoms with Gasteiger partial charge in [0, 0.05) is 61.8 Å². The number of likely N-dealkylation sites (N-methyl/N-ethyl adjacent to an activating group) is 1. The smallest absolute Gasteiger partial charge is 0.469 e. The third-order valence-corrected chi connectivity index (χ3v) is 6.77. The van der Waals surface area contributed by atoms with Crippen LogP contribution in [0.15, 0.2) is 36.4 Å². The van der Waals surface area contributed by atoms with Crippen LogP contribution in [0.2, 0.25) is 0 Å². The van der Waals surface area contributed by atoms with Gasteiger partial charge in [-0.1, -0.05) is 12.1 Å². The van der Waals surface area contributed by atoms with Crippen LogP contribution >= 0.6 is 7.82 Å². The summed E-state index contributed by atoms with van der Waals surface area (Å²) in [6, 6.07) is 10.6. The predicted molar refractivity (Wildman–Crippen MR) is 129 cm³/mol. The van der Waals surface area contributed by atoms with E-state index in [4.69, 9.17) is 14.5 Å². The summed E-state index contributed by atoms with van der Waals surface area (Å²) in [6.07, 6.45) is 0.714. The number of benzene rings is 2. The van der Waals surface area contributed by atoms with E-state index < -0.39 is 7.82 Å². The van der Waals surface area contributed by atoms with Gasteiger partial charge in [-0.3, -0.25) is 4.52 Å². The number of piperazine rings is 1. The molecule has 0 saturated carbocycles. The Balaban J connectivity index is 1.45. The Labute approximate surface area is 199 Å². The molecule has 4 rings (SSSR count). The van der Waals surface area contributed by atoms with E-state index in [-0.39, 0.29) is 12.6 Å². The van der Waals surface area contributed by atoms with Crippen molar-refractivity contribution >= 4 is 25.2 Å². The molecule has 2 amide bonds. The quantitative estimate of drug-likeness (QED) is 0.530. The molecule has 2 aliphatic rings. The van der Waals surface area contributed by atoms with Crippen molar-refractivity contribution in [1.82, 2.24) is 9.80 Å². The van der Waals surface area contributed by atoms with Crippen LogP contribution in [0.25, 0.3) is 0 Å². The maximum absolute atomic E-state index is 13.0. The van der Waals surface area contributed by atoms with Gasteiger partial charge in [-0.2, -0.15) is 0 Å². The zero-order valence-corrected chi connectivity index (χ0v) is 20.3. The summed E-state index contributed by atoms with van der Waals surface area (Å²) in [5.41, 5.74) is 4.65. The summed E-state index contributed by atoms with van der Waals surface area (Å²) in [7, 11) is -0.717. The summed E-state index contributed by atoms with van der Waals surface area (Å²) in [6.45, 7) is 4.75. The number of amides is 2. The fourth-order valence-corrected chi connectivity index (χ4v) is 4.70. The van der Waals surface area contributed by atoms with Crippen molar-refractivity contribution in [2.75, 3.05) is 57.1 Å². The van der Waals surface area contributed by atoms with Gasteiger partial charge in [0.05, 0.1) is 13.7 Å². The average Bonchev–Trinajstić information content (AvgIpc) is 2.82. The average molecular weight is 490 g/mol. The van der Waals surface area contributed by atoms with Gasteiger partial charge in [0.2, 0.25) is 0 Å². The normalized spacial score (nSPS) is 16.8. The standard InChI is InChI=1S/C23H31N4O6P/c1-25-11-13-26(14-12-25)21-7-8-22(32-2)19-9-10-27(15-20(19)21)23(28)24-18-5-3-17(4-6-18)16-33-34(29,30)31/h3-8H,9-16H2,1-2H3,(H,24,28)(H2,29,30,31). The summed E-state index contributed by atoms with van der Waals surface area (Å²) in [5, 5.41) is 2.92. The fraction of sp³-hybridized carbons (Fsp3) is 0.435. The van der Waals surface area contributed by atoms with Gasteiger partial charge in [-0.05, 0) is 43.3 Å². The van der Waals surface area contributed by atoms with E-state index in [9.17, 15) is 9.36 Å². The monoisotopic (exact) mass is 490 g/mol. The molecule has 0 spiro atoms. The molecule has 0 aliphatic carbocycles. The van der Waals surface area contributed by atoms with E-state index in [2.05, 4.69) is 32.8 Å². The number of nitrogens with zero attached hydrogens (tertiary/aromatic N) is 3. The summed E-state index contributed by atoms with van der Waals surface area (Å²) >= 11 is 0. The highest BCUT2D eigenvalue weighted by Gasteiger charge is 2.28. The summed E-state index contributed by atoms with van der Waals surface area (Å²) in [5.74, 6) is 0.862. The second-order valence-electron chi connectivity index (χ2n) is 8.60.